The maximum Gasteiger partial charge on any atom is 0.138 e. The fraction of sp³-hybridized carbons (Fsp3) is 0.318. The molecular weight excluding hydrogens is 330 g/mol. The van der Waals surface area contributed by atoms with Gasteiger partial charge in [0.1, 0.15) is 11.3 Å². The zero-order valence-electron chi connectivity index (χ0n) is 14.5. The molecule has 1 aliphatic rings. The first-order valence-electron chi connectivity index (χ1n) is 9.04. The normalized spacial score (nSPS) is 16.5. The van der Waals surface area contributed by atoms with Gasteiger partial charge in [-0.3, -0.25) is 4.99 Å². The monoisotopic (exact) mass is 351 g/mol. The van der Waals surface area contributed by atoms with Crippen molar-refractivity contribution in [2.24, 2.45) is 4.99 Å². The van der Waals surface area contributed by atoms with Crippen molar-refractivity contribution in [2.75, 3.05) is 0 Å². The summed E-state index contributed by atoms with van der Waals surface area (Å²) in [7, 11) is 0. The molecule has 2 nitrogen and oxygen atoms in total. The first-order valence-corrected chi connectivity index (χ1v) is 9.42. The molecule has 128 valence electrons. The largest absolute Gasteiger partial charge is 0.456 e. The van der Waals surface area contributed by atoms with Gasteiger partial charge in [-0.05, 0) is 44.0 Å². The molecule has 3 aromatic rings. The topological polar surface area (TPSA) is 25.5 Å². The third-order valence-electron chi connectivity index (χ3n) is 4.93. The van der Waals surface area contributed by atoms with Crippen molar-refractivity contribution in [3.05, 3.63) is 64.5 Å². The highest BCUT2D eigenvalue weighted by molar-refractivity contribution is 6.33. The average Bonchev–Trinajstić information content (AvgIpc) is 2.63. The van der Waals surface area contributed by atoms with E-state index in [0.29, 0.717) is 11.1 Å². The second kappa shape index (κ2) is 7.05. The zero-order chi connectivity index (χ0) is 17.2. The summed E-state index contributed by atoms with van der Waals surface area (Å²) in [4.78, 5) is 5.10. The second-order valence-corrected chi connectivity index (χ2v) is 7.30. The molecule has 1 fully saturated rings. The lowest BCUT2D eigenvalue weighted by Crippen LogP contribution is -2.15. The highest BCUT2D eigenvalue weighted by atomic mass is 35.5. The van der Waals surface area contributed by atoms with Gasteiger partial charge in [0.2, 0.25) is 0 Å². The van der Waals surface area contributed by atoms with Crippen molar-refractivity contribution >= 4 is 22.6 Å². The number of nitrogens with zero attached hydrogens (tertiary/aromatic N) is 1. The third kappa shape index (κ3) is 3.50. The van der Waals surface area contributed by atoms with E-state index in [4.69, 9.17) is 21.0 Å². The van der Waals surface area contributed by atoms with Crippen LogP contribution < -0.4 is 5.36 Å². The van der Waals surface area contributed by atoms with E-state index in [9.17, 15) is 0 Å². The van der Waals surface area contributed by atoms with Gasteiger partial charge in [0.15, 0.2) is 0 Å². The van der Waals surface area contributed by atoms with Gasteiger partial charge in [-0.1, -0.05) is 54.6 Å². The predicted octanol–water partition coefficient (Wildman–Crippen LogP) is 6.30. The van der Waals surface area contributed by atoms with Gasteiger partial charge in [0, 0.05) is 17.0 Å². The molecule has 0 radical (unpaired) electrons. The van der Waals surface area contributed by atoms with Gasteiger partial charge in [-0.2, -0.15) is 0 Å². The predicted molar refractivity (Wildman–Crippen MR) is 104 cm³/mol. The Bertz CT molecular complexity index is 967. The Labute approximate surface area is 153 Å². The molecule has 4 rings (SSSR count). The number of halogens is 1. The molecule has 0 saturated heterocycles. The molecule has 0 amide bonds. The SMILES string of the molecule is Cc1ccc2oc(-c3ccccc3Cl)cc(=NC3CCCCC3)c2c1. The molecule has 0 unspecified atom stereocenters. The van der Waals surface area contributed by atoms with Crippen LogP contribution in [0.15, 0.2) is 57.9 Å². The van der Waals surface area contributed by atoms with Crippen molar-refractivity contribution in [3.63, 3.8) is 0 Å². The van der Waals surface area contributed by atoms with Crippen LogP contribution in [0.1, 0.15) is 37.7 Å². The van der Waals surface area contributed by atoms with Crippen LogP contribution in [0, 0.1) is 6.92 Å². The van der Waals surface area contributed by atoms with Crippen LogP contribution in [0.5, 0.6) is 0 Å². The van der Waals surface area contributed by atoms with Gasteiger partial charge in [0.05, 0.1) is 16.4 Å². The minimum absolute atomic E-state index is 0.416. The van der Waals surface area contributed by atoms with Crippen LogP contribution in [0.3, 0.4) is 0 Å². The molecule has 1 saturated carbocycles. The summed E-state index contributed by atoms with van der Waals surface area (Å²) in [5.41, 5.74) is 2.98. The Morgan fingerprint density at radius 2 is 1.80 bits per heavy atom. The maximum atomic E-state index is 6.39. The van der Waals surface area contributed by atoms with Crippen LogP contribution in [0.4, 0.5) is 0 Å². The third-order valence-corrected chi connectivity index (χ3v) is 5.26. The summed E-state index contributed by atoms with van der Waals surface area (Å²) in [6.07, 6.45) is 6.25. The summed E-state index contributed by atoms with van der Waals surface area (Å²) in [5.74, 6) is 0.775. The molecular formula is C22H22ClNO. The van der Waals surface area contributed by atoms with Crippen LogP contribution in [0.25, 0.3) is 22.3 Å². The van der Waals surface area contributed by atoms with E-state index in [1.54, 1.807) is 0 Å². The molecule has 0 aliphatic heterocycles. The van der Waals surface area contributed by atoms with E-state index in [1.165, 1.54) is 37.7 Å². The van der Waals surface area contributed by atoms with Crippen LogP contribution in [-0.2, 0) is 0 Å². The van der Waals surface area contributed by atoms with Crippen molar-refractivity contribution in [1.29, 1.82) is 0 Å². The number of aryl methyl sites for hydroxylation is 1. The molecule has 1 aromatic heterocycles. The molecule has 2 aromatic carbocycles. The summed E-state index contributed by atoms with van der Waals surface area (Å²) < 4.78 is 6.17. The highest BCUT2D eigenvalue weighted by Gasteiger charge is 2.13. The summed E-state index contributed by atoms with van der Waals surface area (Å²) in [5, 5.41) is 2.80. The van der Waals surface area contributed by atoms with Crippen molar-refractivity contribution in [3.8, 4) is 11.3 Å². The molecule has 0 spiro atoms. The lowest BCUT2D eigenvalue weighted by atomic mass is 9.96. The van der Waals surface area contributed by atoms with Gasteiger partial charge in [0.25, 0.3) is 0 Å². The Balaban J connectivity index is 1.93. The smallest absolute Gasteiger partial charge is 0.138 e. The molecule has 25 heavy (non-hydrogen) atoms. The van der Waals surface area contributed by atoms with Crippen molar-refractivity contribution in [2.45, 2.75) is 45.1 Å². The minimum Gasteiger partial charge on any atom is -0.456 e. The Kier molecular flexibility index (Phi) is 4.63. The van der Waals surface area contributed by atoms with E-state index >= 15 is 0 Å². The van der Waals surface area contributed by atoms with E-state index in [1.807, 2.05) is 30.3 Å². The number of benzene rings is 2. The van der Waals surface area contributed by atoms with Crippen molar-refractivity contribution in [1.82, 2.24) is 0 Å². The number of fused-ring (bicyclic) bond motifs is 1. The second-order valence-electron chi connectivity index (χ2n) is 6.90. The molecule has 0 bridgehead atoms. The average molecular weight is 352 g/mol. The van der Waals surface area contributed by atoms with Gasteiger partial charge >= 0.3 is 0 Å². The highest BCUT2D eigenvalue weighted by Crippen LogP contribution is 2.29. The standard InChI is InChI=1S/C22H22ClNO/c1-15-11-12-21-18(13-15)20(24-16-7-3-2-4-8-16)14-22(25-21)17-9-5-6-10-19(17)23/h5-6,9-14,16H,2-4,7-8H2,1H3. The van der Waals surface area contributed by atoms with E-state index in [2.05, 4.69) is 25.1 Å². The van der Waals surface area contributed by atoms with Gasteiger partial charge in [-0.25, -0.2) is 0 Å². The molecule has 1 aliphatic carbocycles. The molecule has 0 atom stereocenters. The lowest BCUT2D eigenvalue weighted by Gasteiger charge is -2.17. The van der Waals surface area contributed by atoms with Gasteiger partial charge in [-0.15, -0.1) is 0 Å². The zero-order valence-corrected chi connectivity index (χ0v) is 15.2. The fourth-order valence-electron chi connectivity index (χ4n) is 3.59. The quantitative estimate of drug-likeness (QED) is 0.532. The Morgan fingerprint density at radius 3 is 2.60 bits per heavy atom. The summed E-state index contributed by atoms with van der Waals surface area (Å²) >= 11 is 6.39. The minimum atomic E-state index is 0.416. The molecule has 1 heterocycles. The van der Waals surface area contributed by atoms with Gasteiger partial charge < -0.3 is 4.42 Å². The summed E-state index contributed by atoms with van der Waals surface area (Å²) in [6.45, 7) is 2.10. The number of rotatable bonds is 2. The number of hydrogen-bond donors (Lipinski definition) is 0. The van der Waals surface area contributed by atoms with Crippen LogP contribution in [-0.4, -0.2) is 6.04 Å². The number of hydrogen-bond acceptors (Lipinski definition) is 2. The van der Waals surface area contributed by atoms with Crippen LogP contribution >= 0.6 is 11.6 Å². The first-order chi connectivity index (χ1) is 12.2. The maximum absolute atomic E-state index is 6.39. The van der Waals surface area contributed by atoms with E-state index < -0.39 is 0 Å². The molecule has 0 N–H and O–H groups in total. The fourth-order valence-corrected chi connectivity index (χ4v) is 3.82. The first kappa shape index (κ1) is 16.4. The van der Waals surface area contributed by atoms with E-state index in [-0.39, 0.29) is 0 Å². The van der Waals surface area contributed by atoms with E-state index in [0.717, 1.165) is 27.7 Å². The van der Waals surface area contributed by atoms with Crippen LogP contribution in [0.2, 0.25) is 5.02 Å². The Morgan fingerprint density at radius 1 is 1.00 bits per heavy atom. The Hall–Kier alpha value is -2.06. The summed E-state index contributed by atoms with van der Waals surface area (Å²) in [6, 6.07) is 16.5. The lowest BCUT2D eigenvalue weighted by molar-refractivity contribution is 0.437. The molecule has 3 heteroatoms. The van der Waals surface area contributed by atoms with Crippen molar-refractivity contribution < 1.29 is 4.42 Å².